The molecule has 2 aromatic rings. The first kappa shape index (κ1) is 17.5. The van der Waals surface area contributed by atoms with Gasteiger partial charge in [0.15, 0.2) is 0 Å². The van der Waals surface area contributed by atoms with Gasteiger partial charge in [-0.3, -0.25) is 9.59 Å². The molecule has 1 aromatic heterocycles. The van der Waals surface area contributed by atoms with Crippen LogP contribution in [0.25, 0.3) is 0 Å². The molecule has 1 aliphatic heterocycles. The molecular weight excluding hydrogens is 338 g/mol. The first-order valence-corrected chi connectivity index (χ1v) is 8.98. The number of aromatic nitrogens is 1. The zero-order valence-electron chi connectivity index (χ0n) is 14.2. The average molecular weight is 360 g/mol. The van der Waals surface area contributed by atoms with Crippen molar-refractivity contribution >= 4 is 29.1 Å². The summed E-state index contributed by atoms with van der Waals surface area (Å²) >= 11 is 5.95. The van der Waals surface area contributed by atoms with E-state index in [0.717, 1.165) is 24.9 Å². The zero-order chi connectivity index (χ0) is 17.8. The van der Waals surface area contributed by atoms with Crippen molar-refractivity contribution < 1.29 is 9.59 Å². The number of anilines is 1. The van der Waals surface area contributed by atoms with Crippen molar-refractivity contribution in [2.45, 2.75) is 32.2 Å². The van der Waals surface area contributed by atoms with Crippen LogP contribution in [0.3, 0.4) is 0 Å². The van der Waals surface area contributed by atoms with Crippen LogP contribution in [0.1, 0.15) is 36.7 Å². The number of hydrogen-bond donors (Lipinski definition) is 1. The number of nitrogens with zero attached hydrogens (tertiary/aromatic N) is 2. The fourth-order valence-corrected chi connectivity index (χ4v) is 3.31. The minimum absolute atomic E-state index is 0.00382. The molecular formula is C19H22ClN3O2. The maximum Gasteiger partial charge on any atom is 0.271 e. The third-order valence-electron chi connectivity index (χ3n) is 4.56. The molecule has 3 rings (SSSR count). The summed E-state index contributed by atoms with van der Waals surface area (Å²) in [5, 5.41) is 0.638. The molecule has 1 aliphatic rings. The molecule has 6 heteroatoms. The van der Waals surface area contributed by atoms with Crippen molar-refractivity contribution in [1.29, 1.82) is 0 Å². The summed E-state index contributed by atoms with van der Waals surface area (Å²) in [5.74, 6) is -0.190. The van der Waals surface area contributed by atoms with E-state index in [1.165, 1.54) is 0 Å². The number of nitrogens with one attached hydrogen (secondary N) is 1. The Morgan fingerprint density at radius 2 is 2.04 bits per heavy atom. The summed E-state index contributed by atoms with van der Waals surface area (Å²) in [7, 11) is 0. The smallest absolute Gasteiger partial charge is 0.271 e. The largest absolute Gasteiger partial charge is 0.357 e. The van der Waals surface area contributed by atoms with Crippen LogP contribution in [0.5, 0.6) is 0 Å². The lowest BCUT2D eigenvalue weighted by atomic mass is 10.0. The highest BCUT2D eigenvalue weighted by atomic mass is 35.5. The lowest BCUT2D eigenvalue weighted by Crippen LogP contribution is -2.58. The third kappa shape index (κ3) is 3.87. The Balaban J connectivity index is 1.82. The maximum absolute atomic E-state index is 12.8. The van der Waals surface area contributed by atoms with Crippen molar-refractivity contribution in [3.05, 3.63) is 53.3 Å². The summed E-state index contributed by atoms with van der Waals surface area (Å²) < 4.78 is 0. The first-order valence-electron chi connectivity index (χ1n) is 8.60. The number of piperazine rings is 1. The van der Waals surface area contributed by atoms with Gasteiger partial charge in [-0.1, -0.05) is 31.4 Å². The molecule has 2 heterocycles. The second-order valence-electron chi connectivity index (χ2n) is 6.29. The van der Waals surface area contributed by atoms with Gasteiger partial charge in [-0.15, -0.1) is 0 Å². The number of halogens is 1. The summed E-state index contributed by atoms with van der Waals surface area (Å²) in [5.41, 5.74) is 1.34. The van der Waals surface area contributed by atoms with Gasteiger partial charge in [-0.25, -0.2) is 0 Å². The van der Waals surface area contributed by atoms with E-state index in [1.807, 2.05) is 12.1 Å². The summed E-state index contributed by atoms with van der Waals surface area (Å²) in [6.07, 6.45) is 4.66. The van der Waals surface area contributed by atoms with Crippen molar-refractivity contribution in [2.75, 3.05) is 18.0 Å². The third-order valence-corrected chi connectivity index (χ3v) is 4.81. The average Bonchev–Trinajstić information content (AvgIpc) is 3.15. The molecule has 1 aromatic carbocycles. The molecule has 1 fully saturated rings. The number of aromatic amines is 1. The van der Waals surface area contributed by atoms with Crippen molar-refractivity contribution in [3.8, 4) is 0 Å². The molecule has 0 spiro atoms. The lowest BCUT2D eigenvalue weighted by molar-refractivity contribution is -0.121. The van der Waals surface area contributed by atoms with E-state index in [-0.39, 0.29) is 24.4 Å². The van der Waals surface area contributed by atoms with Crippen LogP contribution >= 0.6 is 11.6 Å². The van der Waals surface area contributed by atoms with Crippen LogP contribution in [0, 0.1) is 0 Å². The summed E-state index contributed by atoms with van der Waals surface area (Å²) in [4.78, 5) is 31.9. The fourth-order valence-electron chi connectivity index (χ4n) is 3.18. The van der Waals surface area contributed by atoms with E-state index in [2.05, 4.69) is 11.9 Å². The highest BCUT2D eigenvalue weighted by Crippen LogP contribution is 2.25. The Kier molecular flexibility index (Phi) is 5.43. The Bertz CT molecular complexity index is 728. The SMILES string of the molecule is CCCCC1CN(c2ccc(Cl)cc2)C(=O)CN1C(=O)c1ccc[nH]1. The number of unbranched alkanes of at least 4 members (excludes halogenated alkanes) is 1. The molecule has 1 atom stereocenters. The minimum atomic E-state index is -0.116. The second kappa shape index (κ2) is 7.74. The Hall–Kier alpha value is -2.27. The van der Waals surface area contributed by atoms with E-state index < -0.39 is 0 Å². The van der Waals surface area contributed by atoms with E-state index in [4.69, 9.17) is 11.6 Å². The van der Waals surface area contributed by atoms with Gasteiger partial charge in [-0.05, 0) is 42.8 Å². The normalized spacial score (nSPS) is 17.8. The molecule has 132 valence electrons. The van der Waals surface area contributed by atoms with Crippen LogP contribution in [0.2, 0.25) is 5.02 Å². The Labute approximate surface area is 152 Å². The van der Waals surface area contributed by atoms with Crippen molar-refractivity contribution in [1.82, 2.24) is 9.88 Å². The first-order chi connectivity index (χ1) is 12.1. The molecule has 0 aliphatic carbocycles. The Morgan fingerprint density at radius 1 is 1.28 bits per heavy atom. The predicted octanol–water partition coefficient (Wildman–Crippen LogP) is 3.72. The monoisotopic (exact) mass is 359 g/mol. The number of amides is 2. The predicted molar refractivity (Wildman–Crippen MR) is 98.9 cm³/mol. The number of benzene rings is 1. The van der Waals surface area contributed by atoms with E-state index >= 15 is 0 Å². The molecule has 5 nitrogen and oxygen atoms in total. The van der Waals surface area contributed by atoms with E-state index in [1.54, 1.807) is 40.3 Å². The van der Waals surface area contributed by atoms with Gasteiger partial charge < -0.3 is 14.8 Å². The molecule has 1 unspecified atom stereocenters. The van der Waals surface area contributed by atoms with E-state index in [9.17, 15) is 9.59 Å². The molecule has 2 amide bonds. The van der Waals surface area contributed by atoms with Crippen molar-refractivity contribution in [3.63, 3.8) is 0 Å². The Morgan fingerprint density at radius 3 is 2.68 bits per heavy atom. The van der Waals surface area contributed by atoms with Gasteiger partial charge in [0.25, 0.3) is 5.91 Å². The lowest BCUT2D eigenvalue weighted by Gasteiger charge is -2.41. The van der Waals surface area contributed by atoms with Crippen molar-refractivity contribution in [2.24, 2.45) is 0 Å². The summed E-state index contributed by atoms with van der Waals surface area (Å²) in [6, 6.07) is 10.8. The van der Waals surface area contributed by atoms with Crippen LogP contribution in [-0.4, -0.2) is 40.8 Å². The van der Waals surface area contributed by atoms with Gasteiger partial charge in [0.1, 0.15) is 12.2 Å². The topological polar surface area (TPSA) is 56.4 Å². The van der Waals surface area contributed by atoms with Crippen LogP contribution in [-0.2, 0) is 4.79 Å². The van der Waals surface area contributed by atoms with Crippen LogP contribution in [0.4, 0.5) is 5.69 Å². The van der Waals surface area contributed by atoms with E-state index in [0.29, 0.717) is 17.3 Å². The van der Waals surface area contributed by atoms with Gasteiger partial charge in [0, 0.05) is 23.5 Å². The van der Waals surface area contributed by atoms with Crippen LogP contribution < -0.4 is 4.90 Å². The van der Waals surface area contributed by atoms with Gasteiger partial charge in [-0.2, -0.15) is 0 Å². The van der Waals surface area contributed by atoms with Gasteiger partial charge >= 0.3 is 0 Å². The second-order valence-corrected chi connectivity index (χ2v) is 6.73. The van der Waals surface area contributed by atoms with Crippen LogP contribution in [0.15, 0.2) is 42.6 Å². The molecule has 1 saturated heterocycles. The number of H-pyrrole nitrogens is 1. The molecule has 0 saturated carbocycles. The fraction of sp³-hybridized carbons (Fsp3) is 0.368. The molecule has 25 heavy (non-hydrogen) atoms. The molecule has 0 radical (unpaired) electrons. The number of rotatable bonds is 5. The molecule has 1 N–H and O–H groups in total. The quantitative estimate of drug-likeness (QED) is 0.884. The number of carbonyl (C=O) groups is 2. The van der Waals surface area contributed by atoms with Gasteiger partial charge in [0.05, 0.1) is 6.04 Å². The minimum Gasteiger partial charge on any atom is -0.357 e. The highest BCUT2D eigenvalue weighted by molar-refractivity contribution is 6.30. The highest BCUT2D eigenvalue weighted by Gasteiger charge is 2.35. The standard InChI is InChI=1S/C19H22ClN3O2/c1-2-3-5-16-12-22(15-9-7-14(20)8-10-15)18(24)13-23(16)19(25)17-6-4-11-21-17/h4,6-11,16,21H,2-3,5,12-13H2,1H3. The zero-order valence-corrected chi connectivity index (χ0v) is 15.0. The summed E-state index contributed by atoms with van der Waals surface area (Å²) in [6.45, 7) is 2.73. The number of carbonyl (C=O) groups excluding carboxylic acids is 2. The maximum atomic E-state index is 12.8. The number of hydrogen-bond acceptors (Lipinski definition) is 2. The molecule has 0 bridgehead atoms. The van der Waals surface area contributed by atoms with Gasteiger partial charge in [0.2, 0.25) is 5.91 Å².